The highest BCUT2D eigenvalue weighted by atomic mass is 32.2. The van der Waals surface area contributed by atoms with E-state index in [2.05, 4.69) is 14.9 Å². The smallest absolute Gasteiger partial charge is 0.257 e. The van der Waals surface area contributed by atoms with E-state index in [-0.39, 0.29) is 11.4 Å². The van der Waals surface area contributed by atoms with Gasteiger partial charge < -0.3 is 9.15 Å². The molecule has 0 aliphatic carbocycles. The van der Waals surface area contributed by atoms with Crippen LogP contribution in [0.15, 0.2) is 39.0 Å². The molecule has 9 heteroatoms. The van der Waals surface area contributed by atoms with Gasteiger partial charge in [-0.05, 0) is 48.6 Å². The molecule has 0 aliphatic rings. The number of benzene rings is 1. The molecule has 0 amide bonds. The van der Waals surface area contributed by atoms with E-state index >= 15 is 0 Å². The molecule has 1 aromatic carbocycles. The average molecular weight is 393 g/mol. The van der Waals surface area contributed by atoms with E-state index in [1.165, 1.54) is 11.3 Å². The Morgan fingerprint density at radius 2 is 1.96 bits per heavy atom. The lowest BCUT2D eigenvalue weighted by atomic mass is 10.1. The van der Waals surface area contributed by atoms with E-state index in [1.54, 1.807) is 33.1 Å². The van der Waals surface area contributed by atoms with Gasteiger partial charge in [0.15, 0.2) is 0 Å². The van der Waals surface area contributed by atoms with Gasteiger partial charge in [0, 0.05) is 13.0 Å². The van der Waals surface area contributed by atoms with Crippen LogP contribution in [-0.4, -0.2) is 32.3 Å². The highest BCUT2D eigenvalue weighted by Gasteiger charge is 2.20. The van der Waals surface area contributed by atoms with Crippen LogP contribution in [0, 0.1) is 13.8 Å². The lowest BCUT2D eigenvalue weighted by Crippen LogP contribution is -2.27. The van der Waals surface area contributed by atoms with Crippen LogP contribution < -0.4 is 9.46 Å². The molecule has 0 unspecified atom stereocenters. The van der Waals surface area contributed by atoms with Gasteiger partial charge in [-0.25, -0.2) is 13.1 Å². The van der Waals surface area contributed by atoms with Gasteiger partial charge >= 0.3 is 0 Å². The van der Waals surface area contributed by atoms with Gasteiger partial charge in [-0.3, -0.25) is 0 Å². The van der Waals surface area contributed by atoms with Crippen molar-refractivity contribution in [2.24, 2.45) is 0 Å². The largest absolute Gasteiger partial charge is 0.497 e. The SMILES string of the molecule is COc1cc(C)c(S(=O)(=O)NCCc2nnc(-c3cccs3)o2)c(C)c1. The highest BCUT2D eigenvalue weighted by Crippen LogP contribution is 2.26. The van der Waals surface area contributed by atoms with Crippen molar-refractivity contribution in [1.29, 1.82) is 0 Å². The lowest BCUT2D eigenvalue weighted by molar-refractivity contribution is 0.413. The van der Waals surface area contributed by atoms with Crippen LogP contribution >= 0.6 is 11.3 Å². The Morgan fingerprint density at radius 3 is 2.58 bits per heavy atom. The summed E-state index contributed by atoms with van der Waals surface area (Å²) in [5.74, 6) is 1.46. The second-order valence-corrected chi connectivity index (χ2v) is 8.37. The third-order valence-corrected chi connectivity index (χ3v) is 6.39. The normalized spacial score (nSPS) is 11.7. The number of nitrogens with one attached hydrogen (secondary N) is 1. The van der Waals surface area contributed by atoms with Gasteiger partial charge in [0.05, 0.1) is 16.9 Å². The van der Waals surface area contributed by atoms with Gasteiger partial charge in [0.25, 0.3) is 5.89 Å². The van der Waals surface area contributed by atoms with Crippen molar-refractivity contribution in [3.63, 3.8) is 0 Å². The Kier molecular flexibility index (Phi) is 5.40. The van der Waals surface area contributed by atoms with Crippen molar-refractivity contribution in [1.82, 2.24) is 14.9 Å². The van der Waals surface area contributed by atoms with E-state index in [1.807, 2.05) is 17.5 Å². The number of ether oxygens (including phenoxy) is 1. The van der Waals surface area contributed by atoms with Crippen LogP contribution in [0.2, 0.25) is 0 Å². The summed E-state index contributed by atoms with van der Waals surface area (Å²) < 4.78 is 38.6. The Labute approximate surface area is 156 Å². The van der Waals surface area contributed by atoms with Crippen LogP contribution in [0.4, 0.5) is 0 Å². The maximum atomic E-state index is 12.6. The number of hydrogen-bond donors (Lipinski definition) is 1. The fraction of sp³-hybridized carbons (Fsp3) is 0.294. The first kappa shape index (κ1) is 18.6. The molecule has 0 saturated carbocycles. The molecule has 0 radical (unpaired) electrons. The molecule has 7 nitrogen and oxygen atoms in total. The maximum absolute atomic E-state index is 12.6. The number of sulfonamides is 1. The average Bonchev–Trinajstić information content (AvgIpc) is 3.24. The summed E-state index contributed by atoms with van der Waals surface area (Å²) in [5, 5.41) is 9.87. The summed E-state index contributed by atoms with van der Waals surface area (Å²) in [4.78, 5) is 1.15. The first-order valence-corrected chi connectivity index (χ1v) is 10.3. The van der Waals surface area contributed by atoms with Crippen molar-refractivity contribution in [2.45, 2.75) is 25.2 Å². The van der Waals surface area contributed by atoms with Gasteiger partial charge in [0.1, 0.15) is 5.75 Å². The zero-order chi connectivity index (χ0) is 18.7. The van der Waals surface area contributed by atoms with E-state index in [4.69, 9.17) is 9.15 Å². The van der Waals surface area contributed by atoms with Gasteiger partial charge in [0.2, 0.25) is 15.9 Å². The fourth-order valence-electron chi connectivity index (χ4n) is 2.67. The molecule has 0 bridgehead atoms. The molecule has 0 aliphatic heterocycles. The van der Waals surface area contributed by atoms with Crippen LogP contribution in [0.25, 0.3) is 10.8 Å². The Bertz CT molecular complexity index is 972. The predicted molar refractivity (Wildman–Crippen MR) is 99.0 cm³/mol. The summed E-state index contributed by atoms with van der Waals surface area (Å²) >= 11 is 1.50. The third kappa shape index (κ3) is 3.95. The molecule has 1 N–H and O–H groups in total. The van der Waals surface area contributed by atoms with E-state index < -0.39 is 10.0 Å². The van der Waals surface area contributed by atoms with Crippen molar-refractivity contribution >= 4 is 21.4 Å². The molecule has 2 aromatic heterocycles. The van der Waals surface area contributed by atoms with Crippen LogP contribution in [0.3, 0.4) is 0 Å². The standard InChI is InChI=1S/C17H19N3O4S2/c1-11-9-13(23-3)10-12(2)16(11)26(21,22)18-7-6-15-19-20-17(24-15)14-5-4-8-25-14/h4-5,8-10,18H,6-7H2,1-3H3. The molecular weight excluding hydrogens is 374 g/mol. The summed E-state index contributed by atoms with van der Waals surface area (Å²) in [6, 6.07) is 7.19. The molecule has 0 spiro atoms. The maximum Gasteiger partial charge on any atom is 0.257 e. The number of hydrogen-bond acceptors (Lipinski definition) is 7. The Hall–Kier alpha value is -2.23. The second-order valence-electron chi connectivity index (χ2n) is 5.72. The van der Waals surface area contributed by atoms with Gasteiger partial charge in [-0.1, -0.05) is 6.07 Å². The fourth-order valence-corrected chi connectivity index (χ4v) is 4.80. The third-order valence-electron chi connectivity index (χ3n) is 3.77. The number of nitrogens with zero attached hydrogens (tertiary/aromatic N) is 2. The van der Waals surface area contributed by atoms with E-state index in [9.17, 15) is 8.42 Å². The molecule has 3 aromatic rings. The number of aryl methyl sites for hydroxylation is 2. The van der Waals surface area contributed by atoms with Crippen molar-refractivity contribution in [3.05, 3.63) is 46.7 Å². The highest BCUT2D eigenvalue weighted by molar-refractivity contribution is 7.89. The topological polar surface area (TPSA) is 94.3 Å². The minimum atomic E-state index is -3.65. The lowest BCUT2D eigenvalue weighted by Gasteiger charge is -2.13. The predicted octanol–water partition coefficient (Wildman–Crippen LogP) is 2.94. The number of aromatic nitrogens is 2. The van der Waals surface area contributed by atoms with E-state index in [0.717, 1.165) is 4.88 Å². The zero-order valence-corrected chi connectivity index (χ0v) is 16.3. The van der Waals surface area contributed by atoms with Gasteiger partial charge in [-0.15, -0.1) is 21.5 Å². The summed E-state index contributed by atoms with van der Waals surface area (Å²) in [6.45, 7) is 3.66. The second kappa shape index (κ2) is 7.56. The van der Waals surface area contributed by atoms with Crippen LogP contribution in [0.1, 0.15) is 17.0 Å². The number of methoxy groups -OCH3 is 1. The first-order valence-electron chi connectivity index (χ1n) is 7.92. The van der Waals surface area contributed by atoms with Crippen LogP contribution in [-0.2, 0) is 16.4 Å². The number of rotatable bonds is 7. The summed E-state index contributed by atoms with van der Waals surface area (Å²) in [7, 11) is -2.10. The summed E-state index contributed by atoms with van der Waals surface area (Å²) in [5.41, 5.74) is 1.26. The van der Waals surface area contributed by atoms with Gasteiger partial charge in [-0.2, -0.15) is 0 Å². The van der Waals surface area contributed by atoms with E-state index in [0.29, 0.717) is 35.1 Å². The molecule has 0 atom stereocenters. The van der Waals surface area contributed by atoms with Crippen molar-refractivity contribution in [3.8, 4) is 16.5 Å². The zero-order valence-electron chi connectivity index (χ0n) is 14.6. The molecule has 138 valence electrons. The first-order chi connectivity index (χ1) is 12.4. The minimum absolute atomic E-state index is 0.166. The van der Waals surface area contributed by atoms with Crippen LogP contribution in [0.5, 0.6) is 5.75 Å². The molecule has 2 heterocycles. The molecule has 26 heavy (non-hydrogen) atoms. The summed E-state index contributed by atoms with van der Waals surface area (Å²) in [6.07, 6.45) is 0.311. The molecular formula is C17H19N3O4S2. The Morgan fingerprint density at radius 1 is 1.23 bits per heavy atom. The monoisotopic (exact) mass is 393 g/mol. The molecule has 0 saturated heterocycles. The van der Waals surface area contributed by atoms with Crippen molar-refractivity contribution in [2.75, 3.05) is 13.7 Å². The van der Waals surface area contributed by atoms with Crippen molar-refractivity contribution < 1.29 is 17.6 Å². The number of thiophene rings is 1. The Balaban J connectivity index is 1.68. The molecule has 0 fully saturated rings. The quantitative estimate of drug-likeness (QED) is 0.663. The molecule has 3 rings (SSSR count). The minimum Gasteiger partial charge on any atom is -0.497 e.